The van der Waals surface area contributed by atoms with E-state index < -0.39 is 18.4 Å². The fourth-order valence-electron chi connectivity index (χ4n) is 5.36. The van der Waals surface area contributed by atoms with Gasteiger partial charge >= 0.3 is 11.9 Å². The summed E-state index contributed by atoms with van der Waals surface area (Å²) < 4.78 is 11.5. The van der Waals surface area contributed by atoms with E-state index in [-0.39, 0.29) is 35.3 Å². The second-order valence-electron chi connectivity index (χ2n) is 12.5. The molecule has 7 heteroatoms. The predicted octanol–water partition coefficient (Wildman–Crippen LogP) is 10.1. The van der Waals surface area contributed by atoms with Crippen molar-refractivity contribution in [2.45, 2.75) is 200 Å². The van der Waals surface area contributed by atoms with Gasteiger partial charge in [-0.1, -0.05) is 142 Å². The molecule has 0 aliphatic heterocycles. The number of hydrogen-bond donors (Lipinski definition) is 1. The van der Waals surface area contributed by atoms with Gasteiger partial charge in [-0.3, -0.25) is 14.5 Å². The Labute approximate surface area is 271 Å². The van der Waals surface area contributed by atoms with Crippen LogP contribution in [0.2, 0.25) is 0 Å². The minimum atomic E-state index is -0.703. The van der Waals surface area contributed by atoms with Gasteiger partial charge in [-0.2, -0.15) is 0 Å². The Kier molecular flexibility index (Phi) is 32.9. The highest BCUT2D eigenvalue weighted by Crippen LogP contribution is 2.18. The standard InChI is InChI=1S/C35H69NO5.BrH/c1-6-8-10-12-14-16-18-20-22-24-26-28-33(38)40-32(30-31(3)37)35(36(4)5)41-34(39)29-27-25-23-21-19-17-15-13-11-9-7-2;/h31-32,35,37H,6-30H2,1-5H3;1H. The maximum Gasteiger partial charge on any atom is 0.307 e. The summed E-state index contributed by atoms with van der Waals surface area (Å²) in [5.41, 5.74) is 0. The smallest absolute Gasteiger partial charge is 0.307 e. The molecular weight excluding hydrogens is 594 g/mol. The summed E-state index contributed by atoms with van der Waals surface area (Å²) in [6, 6.07) is 0. The first-order chi connectivity index (χ1) is 19.8. The number of rotatable bonds is 30. The van der Waals surface area contributed by atoms with Crippen LogP contribution in [0.3, 0.4) is 0 Å². The van der Waals surface area contributed by atoms with Crippen LogP contribution in [-0.2, 0) is 19.1 Å². The van der Waals surface area contributed by atoms with Crippen molar-refractivity contribution >= 4 is 28.9 Å². The molecule has 6 nitrogen and oxygen atoms in total. The van der Waals surface area contributed by atoms with Crippen molar-refractivity contribution in [2.75, 3.05) is 14.1 Å². The monoisotopic (exact) mass is 663 g/mol. The largest absolute Gasteiger partial charge is 0.457 e. The molecular formula is C35H70BrNO5. The highest BCUT2D eigenvalue weighted by Gasteiger charge is 2.31. The van der Waals surface area contributed by atoms with E-state index >= 15 is 0 Å². The Morgan fingerprint density at radius 2 is 0.881 bits per heavy atom. The third kappa shape index (κ3) is 28.1. The van der Waals surface area contributed by atoms with Gasteiger partial charge in [0.25, 0.3) is 0 Å². The highest BCUT2D eigenvalue weighted by molar-refractivity contribution is 8.93. The van der Waals surface area contributed by atoms with Gasteiger partial charge in [0, 0.05) is 19.3 Å². The third-order valence-corrected chi connectivity index (χ3v) is 7.90. The van der Waals surface area contributed by atoms with Crippen LogP contribution in [-0.4, -0.2) is 54.5 Å². The van der Waals surface area contributed by atoms with Gasteiger partial charge in [-0.25, -0.2) is 0 Å². The lowest BCUT2D eigenvalue weighted by Gasteiger charge is -2.32. The lowest BCUT2D eigenvalue weighted by molar-refractivity contribution is -0.184. The maximum absolute atomic E-state index is 12.6. The van der Waals surface area contributed by atoms with Crippen LogP contribution in [0.15, 0.2) is 0 Å². The molecule has 0 fully saturated rings. The highest BCUT2D eigenvalue weighted by atomic mass is 79.9. The Morgan fingerprint density at radius 3 is 1.19 bits per heavy atom. The second kappa shape index (κ2) is 31.8. The Bertz CT molecular complexity index is 602. The first kappa shape index (κ1) is 43.5. The van der Waals surface area contributed by atoms with Crippen molar-refractivity contribution in [3.8, 4) is 0 Å². The van der Waals surface area contributed by atoms with Crippen LogP contribution < -0.4 is 0 Å². The number of likely N-dealkylation sites (N-methyl/N-ethyl adjacent to an activating group) is 1. The van der Waals surface area contributed by atoms with Crippen LogP contribution >= 0.6 is 17.0 Å². The van der Waals surface area contributed by atoms with Crippen LogP contribution in [0.1, 0.15) is 181 Å². The molecule has 0 heterocycles. The molecule has 1 N–H and O–H groups in total. The summed E-state index contributed by atoms with van der Waals surface area (Å²) >= 11 is 0. The van der Waals surface area contributed by atoms with E-state index in [1.165, 1.54) is 103 Å². The first-order valence-corrected chi connectivity index (χ1v) is 17.5. The number of nitrogens with zero attached hydrogens (tertiary/aromatic N) is 1. The van der Waals surface area contributed by atoms with Crippen LogP contribution in [0, 0.1) is 0 Å². The molecule has 0 radical (unpaired) electrons. The van der Waals surface area contributed by atoms with Crippen molar-refractivity contribution in [3.63, 3.8) is 0 Å². The van der Waals surface area contributed by atoms with Crippen molar-refractivity contribution < 1.29 is 24.2 Å². The van der Waals surface area contributed by atoms with Gasteiger partial charge in [-0.15, -0.1) is 17.0 Å². The fraction of sp³-hybridized carbons (Fsp3) is 0.943. The normalized spacial score (nSPS) is 13.4. The molecule has 252 valence electrons. The van der Waals surface area contributed by atoms with Gasteiger partial charge in [-0.05, 0) is 33.9 Å². The maximum atomic E-state index is 12.6. The minimum absolute atomic E-state index is 0. The molecule has 3 atom stereocenters. The van der Waals surface area contributed by atoms with Gasteiger partial charge in [0.05, 0.1) is 6.10 Å². The van der Waals surface area contributed by atoms with Crippen molar-refractivity contribution in [1.29, 1.82) is 0 Å². The molecule has 0 rings (SSSR count). The number of aliphatic hydroxyl groups excluding tert-OH is 1. The average molecular weight is 665 g/mol. The SMILES string of the molecule is Br.CCCCCCCCCCCCCC(=O)OC(CC(C)O)C(OC(=O)CCCCCCCCCCCCC)N(C)C. The molecule has 0 aromatic rings. The van der Waals surface area contributed by atoms with Gasteiger partial charge in [0.1, 0.15) is 0 Å². The number of carbonyl (C=O) groups is 2. The van der Waals surface area contributed by atoms with Crippen LogP contribution in [0.4, 0.5) is 0 Å². The summed E-state index contributed by atoms with van der Waals surface area (Å²) in [4.78, 5) is 27.0. The van der Waals surface area contributed by atoms with Crippen LogP contribution in [0.25, 0.3) is 0 Å². The van der Waals surface area contributed by atoms with Gasteiger partial charge < -0.3 is 14.6 Å². The summed E-state index contributed by atoms with van der Waals surface area (Å²) in [5, 5.41) is 10.0. The minimum Gasteiger partial charge on any atom is -0.457 e. The van der Waals surface area contributed by atoms with Gasteiger partial charge in [0.15, 0.2) is 12.3 Å². The number of esters is 2. The molecule has 0 saturated carbocycles. The molecule has 0 bridgehead atoms. The molecule has 0 aromatic carbocycles. The molecule has 0 amide bonds. The summed E-state index contributed by atoms with van der Waals surface area (Å²) in [6.45, 7) is 6.17. The molecule has 0 aliphatic rings. The Morgan fingerprint density at radius 1 is 0.571 bits per heavy atom. The van der Waals surface area contributed by atoms with E-state index in [0.717, 1.165) is 38.5 Å². The Balaban J connectivity index is 0. The molecule has 3 unspecified atom stereocenters. The average Bonchev–Trinajstić information content (AvgIpc) is 2.92. The summed E-state index contributed by atoms with van der Waals surface area (Å²) in [7, 11) is 3.62. The van der Waals surface area contributed by atoms with Crippen molar-refractivity contribution in [1.82, 2.24) is 4.90 Å². The number of ether oxygens (including phenoxy) is 2. The third-order valence-electron chi connectivity index (χ3n) is 7.90. The summed E-state index contributed by atoms with van der Waals surface area (Å²) in [6.07, 6.45) is 26.0. The van der Waals surface area contributed by atoms with Crippen molar-refractivity contribution in [3.05, 3.63) is 0 Å². The molecule has 0 aromatic heterocycles. The van der Waals surface area contributed by atoms with E-state index in [9.17, 15) is 14.7 Å². The van der Waals surface area contributed by atoms with Crippen molar-refractivity contribution in [2.24, 2.45) is 0 Å². The van der Waals surface area contributed by atoms with E-state index in [1.54, 1.807) is 11.8 Å². The quantitative estimate of drug-likeness (QED) is 0.0468. The van der Waals surface area contributed by atoms with E-state index in [4.69, 9.17) is 9.47 Å². The summed E-state index contributed by atoms with van der Waals surface area (Å²) in [5.74, 6) is -0.545. The Hall–Kier alpha value is -0.660. The zero-order valence-corrected chi connectivity index (χ0v) is 30.1. The van der Waals surface area contributed by atoms with E-state index in [0.29, 0.717) is 12.8 Å². The van der Waals surface area contributed by atoms with E-state index in [1.807, 2.05) is 14.1 Å². The van der Waals surface area contributed by atoms with E-state index in [2.05, 4.69) is 13.8 Å². The zero-order chi connectivity index (χ0) is 30.6. The number of unbranched alkanes of at least 4 members (excludes halogenated alkanes) is 20. The molecule has 42 heavy (non-hydrogen) atoms. The molecule has 0 saturated heterocycles. The number of hydrogen-bond acceptors (Lipinski definition) is 6. The van der Waals surface area contributed by atoms with Crippen LogP contribution in [0.5, 0.6) is 0 Å². The topological polar surface area (TPSA) is 76.1 Å². The van der Waals surface area contributed by atoms with Gasteiger partial charge in [0.2, 0.25) is 0 Å². The molecule has 0 aliphatic carbocycles. The lowest BCUT2D eigenvalue weighted by Crippen LogP contribution is -2.46. The zero-order valence-electron chi connectivity index (χ0n) is 28.3. The number of aliphatic hydroxyl groups is 1. The molecule has 0 spiro atoms. The fourth-order valence-corrected chi connectivity index (χ4v) is 5.36. The first-order valence-electron chi connectivity index (χ1n) is 17.5. The lowest BCUT2D eigenvalue weighted by atomic mass is 10.1. The number of carbonyl (C=O) groups excluding carboxylic acids is 2. The number of halogens is 1. The predicted molar refractivity (Wildman–Crippen MR) is 182 cm³/mol. The second-order valence-corrected chi connectivity index (χ2v) is 12.5.